The summed E-state index contributed by atoms with van der Waals surface area (Å²) in [5, 5.41) is 0.632. The lowest BCUT2D eigenvalue weighted by Crippen LogP contribution is -2.30. The molecule has 0 saturated heterocycles. The van der Waals surface area contributed by atoms with Crippen molar-refractivity contribution in [2.75, 3.05) is 12.5 Å². The number of hydrogen-bond donors (Lipinski definition) is 2. The molecule has 10 heteroatoms. The maximum absolute atomic E-state index is 12.6. The van der Waals surface area contributed by atoms with E-state index in [4.69, 9.17) is 39.5 Å². The quantitative estimate of drug-likeness (QED) is 0.656. The lowest BCUT2D eigenvalue weighted by atomic mass is 10.1. The number of amides is 1. The molecule has 0 unspecified atom stereocenters. The van der Waals surface area contributed by atoms with E-state index in [0.717, 1.165) is 0 Å². The van der Waals surface area contributed by atoms with E-state index in [1.165, 1.54) is 37.4 Å². The highest BCUT2D eigenvalue weighted by Crippen LogP contribution is 2.34. The number of benzene rings is 2. The number of hydrazine groups is 1. The summed E-state index contributed by atoms with van der Waals surface area (Å²) in [6.45, 7) is -3.13. The molecule has 0 radical (unpaired) electrons. The summed E-state index contributed by atoms with van der Waals surface area (Å²) in [6, 6.07) is 6.96. The molecule has 2 N–H and O–H groups in total. The summed E-state index contributed by atoms with van der Waals surface area (Å²) in [5.74, 6) is -1.18. The molecule has 0 fully saturated rings. The molecular formula is C15H11Cl3F2N2O3. The Kier molecular flexibility index (Phi) is 6.52. The van der Waals surface area contributed by atoms with Gasteiger partial charge in [0.1, 0.15) is 0 Å². The van der Waals surface area contributed by atoms with Gasteiger partial charge in [-0.1, -0.05) is 40.9 Å². The van der Waals surface area contributed by atoms with E-state index in [-0.39, 0.29) is 27.0 Å². The molecule has 0 aliphatic rings. The van der Waals surface area contributed by atoms with Gasteiger partial charge in [0.05, 0.1) is 28.4 Å². The topological polar surface area (TPSA) is 59.6 Å². The fourth-order valence-corrected chi connectivity index (χ4v) is 2.83. The van der Waals surface area contributed by atoms with E-state index in [9.17, 15) is 13.6 Å². The lowest BCUT2D eigenvalue weighted by molar-refractivity contribution is -0.0515. The van der Waals surface area contributed by atoms with Crippen molar-refractivity contribution in [3.05, 3.63) is 51.0 Å². The highest BCUT2D eigenvalue weighted by Gasteiger charge is 2.20. The summed E-state index contributed by atoms with van der Waals surface area (Å²) in [6.07, 6.45) is 0. The second-order valence-electron chi connectivity index (χ2n) is 4.54. The Morgan fingerprint density at radius 2 is 1.80 bits per heavy atom. The Balaban J connectivity index is 2.24. The van der Waals surface area contributed by atoms with Crippen LogP contribution in [0.2, 0.25) is 15.1 Å². The van der Waals surface area contributed by atoms with Crippen LogP contribution in [0, 0.1) is 0 Å². The Morgan fingerprint density at radius 3 is 2.36 bits per heavy atom. The molecule has 0 saturated carbocycles. The molecule has 134 valence electrons. The van der Waals surface area contributed by atoms with E-state index in [2.05, 4.69) is 15.6 Å². The fourth-order valence-electron chi connectivity index (χ4n) is 1.91. The van der Waals surface area contributed by atoms with Gasteiger partial charge in [0.15, 0.2) is 11.5 Å². The van der Waals surface area contributed by atoms with Crippen LogP contribution in [0.5, 0.6) is 11.5 Å². The predicted octanol–water partition coefficient (Wildman–Crippen LogP) is 5.01. The van der Waals surface area contributed by atoms with Crippen LogP contribution in [0.15, 0.2) is 30.3 Å². The number of hydrogen-bond acceptors (Lipinski definition) is 4. The number of halogens is 5. The van der Waals surface area contributed by atoms with E-state index >= 15 is 0 Å². The molecule has 0 heterocycles. The number of carbonyl (C=O) groups excluding carboxylic acids is 1. The molecule has 2 aromatic carbocycles. The Labute approximate surface area is 156 Å². The average molecular weight is 412 g/mol. The Bertz CT molecular complexity index is 768. The van der Waals surface area contributed by atoms with Crippen LogP contribution in [0.25, 0.3) is 0 Å². The second kappa shape index (κ2) is 8.42. The maximum Gasteiger partial charge on any atom is 0.387 e. The Morgan fingerprint density at radius 1 is 1.16 bits per heavy atom. The molecule has 25 heavy (non-hydrogen) atoms. The van der Waals surface area contributed by atoms with Gasteiger partial charge in [-0.05, 0) is 24.3 Å². The van der Waals surface area contributed by atoms with Gasteiger partial charge < -0.3 is 9.47 Å². The van der Waals surface area contributed by atoms with Gasteiger partial charge in [-0.2, -0.15) is 8.78 Å². The standard InChI is InChI=1S/C15H11Cl3F2N2O3/c1-24-11-4-2-3-8(13(11)25-15(19)20)14(23)22-21-12-9(17)5-7(16)6-10(12)18/h2-6,15,21H,1H3,(H,22,23). The van der Waals surface area contributed by atoms with E-state index in [1.807, 2.05) is 0 Å². The molecule has 1 amide bonds. The van der Waals surface area contributed by atoms with Crippen LogP contribution in [-0.2, 0) is 0 Å². The van der Waals surface area contributed by atoms with Gasteiger partial charge in [-0.25, -0.2) is 0 Å². The van der Waals surface area contributed by atoms with Gasteiger partial charge >= 0.3 is 6.61 Å². The number of methoxy groups -OCH3 is 1. The first kappa shape index (κ1) is 19.4. The van der Waals surface area contributed by atoms with Gasteiger partial charge in [0, 0.05) is 5.02 Å². The first-order valence-corrected chi connectivity index (χ1v) is 7.79. The molecule has 0 aromatic heterocycles. The van der Waals surface area contributed by atoms with Crippen molar-refractivity contribution in [2.24, 2.45) is 0 Å². The summed E-state index contributed by atoms with van der Waals surface area (Å²) in [4.78, 5) is 12.3. The number of rotatable bonds is 6. The van der Waals surface area contributed by atoms with Crippen LogP contribution in [0.4, 0.5) is 14.5 Å². The summed E-state index contributed by atoms with van der Waals surface area (Å²) < 4.78 is 34.5. The number of nitrogens with one attached hydrogen (secondary N) is 2. The van der Waals surface area contributed by atoms with Crippen LogP contribution in [0.1, 0.15) is 10.4 Å². The van der Waals surface area contributed by atoms with Crippen molar-refractivity contribution in [2.45, 2.75) is 6.61 Å². The van der Waals surface area contributed by atoms with Crippen molar-refractivity contribution >= 4 is 46.4 Å². The third kappa shape index (κ3) is 4.78. The van der Waals surface area contributed by atoms with Crippen molar-refractivity contribution < 1.29 is 23.0 Å². The number of anilines is 1. The Hall–Kier alpha value is -1.96. The fraction of sp³-hybridized carbons (Fsp3) is 0.133. The smallest absolute Gasteiger partial charge is 0.387 e. The molecule has 5 nitrogen and oxygen atoms in total. The first-order chi connectivity index (χ1) is 11.8. The highest BCUT2D eigenvalue weighted by molar-refractivity contribution is 6.41. The van der Waals surface area contributed by atoms with Crippen LogP contribution >= 0.6 is 34.8 Å². The van der Waals surface area contributed by atoms with Gasteiger partial charge in [0.25, 0.3) is 5.91 Å². The lowest BCUT2D eigenvalue weighted by Gasteiger charge is -2.16. The molecule has 0 aliphatic carbocycles. The SMILES string of the molecule is COc1cccc(C(=O)NNc2c(Cl)cc(Cl)cc2Cl)c1OC(F)F. The van der Waals surface area contributed by atoms with E-state index in [1.54, 1.807) is 0 Å². The minimum Gasteiger partial charge on any atom is -0.493 e. The maximum atomic E-state index is 12.6. The molecule has 0 atom stereocenters. The van der Waals surface area contributed by atoms with Gasteiger partial charge in [-0.3, -0.25) is 15.6 Å². The minimum absolute atomic E-state index is 0.0180. The van der Waals surface area contributed by atoms with Crippen LogP contribution < -0.4 is 20.3 Å². The van der Waals surface area contributed by atoms with Crippen LogP contribution in [0.3, 0.4) is 0 Å². The summed E-state index contributed by atoms with van der Waals surface area (Å²) in [7, 11) is 1.26. The zero-order chi connectivity index (χ0) is 18.6. The molecule has 2 aromatic rings. The molecule has 0 spiro atoms. The molecule has 0 aliphatic heterocycles. The number of alkyl halides is 2. The molecule has 2 rings (SSSR count). The number of carbonyl (C=O) groups is 1. The normalized spacial score (nSPS) is 10.5. The summed E-state index contributed by atoms with van der Waals surface area (Å²) in [5.41, 5.74) is 4.84. The highest BCUT2D eigenvalue weighted by atomic mass is 35.5. The largest absolute Gasteiger partial charge is 0.493 e. The predicted molar refractivity (Wildman–Crippen MR) is 92.2 cm³/mol. The summed E-state index contributed by atoms with van der Waals surface area (Å²) >= 11 is 17.8. The van der Waals surface area contributed by atoms with Crippen LogP contribution in [-0.4, -0.2) is 19.6 Å². The van der Waals surface area contributed by atoms with E-state index < -0.39 is 18.3 Å². The zero-order valence-electron chi connectivity index (χ0n) is 12.6. The average Bonchev–Trinajstić information content (AvgIpc) is 2.53. The molecule has 0 bridgehead atoms. The second-order valence-corrected chi connectivity index (χ2v) is 5.79. The van der Waals surface area contributed by atoms with Crippen molar-refractivity contribution in [1.82, 2.24) is 5.43 Å². The monoisotopic (exact) mass is 410 g/mol. The molecular weight excluding hydrogens is 401 g/mol. The third-order valence-electron chi connectivity index (χ3n) is 2.96. The first-order valence-electron chi connectivity index (χ1n) is 6.66. The third-order valence-corrected chi connectivity index (χ3v) is 3.77. The zero-order valence-corrected chi connectivity index (χ0v) is 14.8. The van der Waals surface area contributed by atoms with Gasteiger partial charge in [0.2, 0.25) is 0 Å². The van der Waals surface area contributed by atoms with Crippen molar-refractivity contribution in [3.8, 4) is 11.5 Å². The van der Waals surface area contributed by atoms with Crippen molar-refractivity contribution in [1.29, 1.82) is 0 Å². The number of para-hydroxylation sites is 1. The van der Waals surface area contributed by atoms with Crippen molar-refractivity contribution in [3.63, 3.8) is 0 Å². The number of ether oxygens (including phenoxy) is 2. The van der Waals surface area contributed by atoms with Gasteiger partial charge in [-0.15, -0.1) is 0 Å². The minimum atomic E-state index is -3.13. The van der Waals surface area contributed by atoms with E-state index in [0.29, 0.717) is 5.02 Å².